The van der Waals surface area contributed by atoms with Crippen LogP contribution in [-0.4, -0.2) is 31.8 Å². The van der Waals surface area contributed by atoms with E-state index in [1.807, 2.05) is 47.9 Å². The Morgan fingerprint density at radius 1 is 1.32 bits per heavy atom. The number of nitrogens with one attached hydrogen (secondary N) is 1. The number of allylic oxidation sites excluding steroid dienone is 1. The molecule has 0 bridgehead atoms. The van der Waals surface area contributed by atoms with Gasteiger partial charge in [-0.2, -0.15) is 4.98 Å². The fourth-order valence-electron chi connectivity index (χ4n) is 4.57. The molecule has 1 unspecified atom stereocenters. The van der Waals surface area contributed by atoms with Gasteiger partial charge >= 0.3 is 0 Å². The molecular weight excluding hydrogens is 433 g/mol. The number of benzene rings is 2. The molecule has 6 rings (SSSR count). The van der Waals surface area contributed by atoms with Crippen molar-refractivity contribution in [3.8, 4) is 22.8 Å². The fourth-order valence-corrected chi connectivity index (χ4v) is 4.57. The van der Waals surface area contributed by atoms with Gasteiger partial charge in [-0.1, -0.05) is 47.6 Å². The second kappa shape index (κ2) is 7.76. The van der Waals surface area contributed by atoms with Gasteiger partial charge < -0.3 is 14.4 Å². The van der Waals surface area contributed by atoms with Crippen molar-refractivity contribution < 1.29 is 13.7 Å². The van der Waals surface area contributed by atoms with Crippen LogP contribution in [0.3, 0.4) is 0 Å². The first kappa shape index (κ1) is 20.5. The van der Waals surface area contributed by atoms with Gasteiger partial charge in [-0.25, -0.2) is 9.37 Å². The fraction of sp³-hybridized carbons (Fsp3) is 0.231. The van der Waals surface area contributed by atoms with Crippen molar-refractivity contribution in [3.63, 3.8) is 0 Å². The first-order chi connectivity index (χ1) is 16.5. The number of rotatable bonds is 6. The molecule has 4 aromatic rings. The van der Waals surface area contributed by atoms with Crippen LogP contribution in [0.5, 0.6) is 0 Å². The van der Waals surface area contributed by atoms with Gasteiger partial charge in [0, 0.05) is 16.8 Å². The third kappa shape index (κ3) is 3.25. The van der Waals surface area contributed by atoms with Crippen LogP contribution in [-0.2, 0) is 0 Å². The van der Waals surface area contributed by atoms with Crippen LogP contribution in [0.25, 0.3) is 22.8 Å². The zero-order valence-corrected chi connectivity index (χ0v) is 18.5. The van der Waals surface area contributed by atoms with Gasteiger partial charge in [-0.15, -0.1) is 6.58 Å². The predicted octanol–water partition coefficient (Wildman–Crippen LogP) is 5.47. The largest absolute Gasteiger partial charge is 0.339 e. The van der Waals surface area contributed by atoms with E-state index in [1.165, 1.54) is 0 Å². The van der Waals surface area contributed by atoms with Gasteiger partial charge in [0.2, 0.25) is 11.7 Å². The Morgan fingerprint density at radius 2 is 2.15 bits per heavy atom. The highest BCUT2D eigenvalue weighted by atomic mass is 19.1. The van der Waals surface area contributed by atoms with E-state index in [4.69, 9.17) is 4.52 Å². The van der Waals surface area contributed by atoms with E-state index in [9.17, 15) is 9.18 Å². The molecule has 2 aromatic carbocycles. The number of amides is 1. The van der Waals surface area contributed by atoms with E-state index in [1.54, 1.807) is 12.3 Å². The Balaban J connectivity index is 1.30. The van der Waals surface area contributed by atoms with E-state index in [2.05, 4.69) is 33.1 Å². The first-order valence-electron chi connectivity index (χ1n) is 11.2. The summed E-state index contributed by atoms with van der Waals surface area (Å²) in [5, 5.41) is 7.01. The maximum absolute atomic E-state index is 13.4. The number of alkyl halides is 1. The maximum atomic E-state index is 13.4. The molecular formula is C26H22FN5O2. The van der Waals surface area contributed by atoms with Crippen LogP contribution in [0, 0.1) is 6.92 Å². The lowest BCUT2D eigenvalue weighted by Gasteiger charge is -2.16. The smallest absolute Gasteiger partial charge is 0.273 e. The van der Waals surface area contributed by atoms with Crippen LogP contribution in [0.15, 0.2) is 65.8 Å². The summed E-state index contributed by atoms with van der Waals surface area (Å²) in [6.07, 6.45) is 3.68. The van der Waals surface area contributed by atoms with E-state index in [0.717, 1.165) is 22.5 Å². The number of imidazole rings is 1. The zero-order valence-electron chi connectivity index (χ0n) is 18.5. The SMILES string of the molecule is C=CCC1c2ccccc2-c2ncc(C(=O)Nc3cc(-c4noc([C@H]5C[C@@H]5F)n4)ccc3C)n21. The Morgan fingerprint density at radius 3 is 2.94 bits per heavy atom. The summed E-state index contributed by atoms with van der Waals surface area (Å²) in [6.45, 7) is 5.81. The van der Waals surface area contributed by atoms with Crippen LogP contribution in [0.1, 0.15) is 52.3 Å². The summed E-state index contributed by atoms with van der Waals surface area (Å²) < 4.78 is 20.6. The number of aryl methyl sites for hydroxylation is 1. The average molecular weight is 455 g/mol. The third-order valence-electron chi connectivity index (χ3n) is 6.51. The molecule has 2 aliphatic rings. The minimum Gasteiger partial charge on any atom is -0.339 e. The topological polar surface area (TPSA) is 85.8 Å². The van der Waals surface area contributed by atoms with E-state index in [0.29, 0.717) is 41.5 Å². The average Bonchev–Trinajstić information content (AvgIpc) is 3.22. The van der Waals surface area contributed by atoms with Gasteiger partial charge in [-0.3, -0.25) is 4.79 Å². The Bertz CT molecular complexity index is 1440. The standard InChI is InChI=1S/C26H22FN5O2/c1-3-6-21-16-7-4-5-8-17(16)24-28-13-22(32(21)24)25(33)29-20-11-15(10-9-14(20)2)23-30-26(34-31-23)18-12-19(18)27/h3-5,7-11,13,18-19,21H,1,6,12H2,2H3,(H,29,33)/t18-,19-,21?/m0/s1. The molecule has 0 saturated heterocycles. The summed E-state index contributed by atoms with van der Waals surface area (Å²) in [5.74, 6) is 0.909. The molecule has 3 atom stereocenters. The summed E-state index contributed by atoms with van der Waals surface area (Å²) in [4.78, 5) is 22.3. The number of aromatic nitrogens is 4. The number of anilines is 1. The number of fused-ring (bicyclic) bond motifs is 3. The highest BCUT2D eigenvalue weighted by Crippen LogP contribution is 2.43. The van der Waals surface area contributed by atoms with Gasteiger partial charge in [0.1, 0.15) is 17.7 Å². The zero-order chi connectivity index (χ0) is 23.4. The van der Waals surface area contributed by atoms with Crippen LogP contribution < -0.4 is 5.32 Å². The second-order valence-corrected chi connectivity index (χ2v) is 8.76. The number of hydrogen-bond acceptors (Lipinski definition) is 5. The Hall–Kier alpha value is -4.07. The first-order valence-corrected chi connectivity index (χ1v) is 11.2. The second-order valence-electron chi connectivity index (χ2n) is 8.76. The molecule has 0 radical (unpaired) electrons. The minimum absolute atomic E-state index is 0.0288. The number of halogens is 1. The molecule has 170 valence electrons. The lowest BCUT2D eigenvalue weighted by molar-refractivity contribution is 0.101. The van der Waals surface area contributed by atoms with Crippen LogP contribution >= 0.6 is 0 Å². The molecule has 1 N–H and O–H groups in total. The lowest BCUT2D eigenvalue weighted by Crippen LogP contribution is -2.19. The van der Waals surface area contributed by atoms with Crippen molar-refractivity contribution in [2.24, 2.45) is 0 Å². The molecule has 7 nitrogen and oxygen atoms in total. The van der Waals surface area contributed by atoms with Crippen molar-refractivity contribution >= 4 is 11.6 Å². The molecule has 1 aliphatic carbocycles. The lowest BCUT2D eigenvalue weighted by atomic mass is 10.0. The predicted molar refractivity (Wildman–Crippen MR) is 125 cm³/mol. The Labute approximate surface area is 195 Å². The van der Waals surface area contributed by atoms with Crippen molar-refractivity contribution in [1.29, 1.82) is 0 Å². The molecule has 34 heavy (non-hydrogen) atoms. The van der Waals surface area contributed by atoms with Crippen molar-refractivity contribution in [2.75, 3.05) is 5.32 Å². The van der Waals surface area contributed by atoms with Crippen LogP contribution in [0.4, 0.5) is 10.1 Å². The summed E-state index contributed by atoms with van der Waals surface area (Å²) in [6, 6.07) is 13.6. The molecule has 3 heterocycles. The van der Waals surface area contributed by atoms with Gasteiger partial charge in [-0.05, 0) is 37.0 Å². The number of carbonyl (C=O) groups is 1. The Kier molecular flexibility index (Phi) is 4.69. The molecule has 8 heteroatoms. The van der Waals surface area contributed by atoms with Crippen molar-refractivity contribution in [3.05, 3.63) is 84.0 Å². The van der Waals surface area contributed by atoms with Gasteiger partial charge in [0.05, 0.1) is 18.2 Å². The molecule has 1 aliphatic heterocycles. The highest BCUT2D eigenvalue weighted by Gasteiger charge is 2.43. The minimum atomic E-state index is -0.908. The summed E-state index contributed by atoms with van der Waals surface area (Å²) in [5.41, 5.74) is 4.85. The molecule has 0 spiro atoms. The van der Waals surface area contributed by atoms with Crippen molar-refractivity contribution in [1.82, 2.24) is 19.7 Å². The van der Waals surface area contributed by atoms with E-state index in [-0.39, 0.29) is 17.9 Å². The monoisotopic (exact) mass is 455 g/mol. The summed E-state index contributed by atoms with van der Waals surface area (Å²) >= 11 is 0. The third-order valence-corrected chi connectivity index (χ3v) is 6.51. The number of hydrogen-bond donors (Lipinski definition) is 1. The van der Waals surface area contributed by atoms with Gasteiger partial charge in [0.15, 0.2) is 0 Å². The number of nitrogens with zero attached hydrogens (tertiary/aromatic N) is 4. The van der Waals surface area contributed by atoms with Gasteiger partial charge in [0.25, 0.3) is 5.91 Å². The van der Waals surface area contributed by atoms with E-state index < -0.39 is 6.17 Å². The molecule has 1 amide bonds. The molecule has 1 fully saturated rings. The highest BCUT2D eigenvalue weighted by molar-refractivity contribution is 6.04. The number of carbonyl (C=O) groups excluding carboxylic acids is 1. The normalized spacial score (nSPS) is 20.0. The molecule has 2 aromatic heterocycles. The van der Waals surface area contributed by atoms with Crippen molar-refractivity contribution in [2.45, 2.75) is 37.9 Å². The van der Waals surface area contributed by atoms with Crippen LogP contribution in [0.2, 0.25) is 0 Å². The summed E-state index contributed by atoms with van der Waals surface area (Å²) in [7, 11) is 0. The molecule has 1 saturated carbocycles. The van der Waals surface area contributed by atoms with E-state index >= 15 is 0 Å². The maximum Gasteiger partial charge on any atom is 0.273 e. The quantitative estimate of drug-likeness (QED) is 0.390.